The van der Waals surface area contributed by atoms with Crippen LogP contribution in [-0.4, -0.2) is 6.04 Å². The SMILES string of the molecule is CC(CCc1ccccc1)Nc1c(F)cccc1F. The van der Waals surface area contributed by atoms with Gasteiger partial charge in [0.05, 0.1) is 0 Å². The minimum absolute atomic E-state index is 0.00612. The molecule has 0 aliphatic heterocycles. The van der Waals surface area contributed by atoms with E-state index in [2.05, 4.69) is 17.4 Å². The van der Waals surface area contributed by atoms with Crippen LogP contribution in [0.25, 0.3) is 0 Å². The largest absolute Gasteiger partial charge is 0.378 e. The quantitative estimate of drug-likeness (QED) is 0.841. The van der Waals surface area contributed by atoms with E-state index in [1.54, 1.807) is 0 Å². The molecule has 0 aliphatic rings. The number of rotatable bonds is 5. The van der Waals surface area contributed by atoms with Crippen molar-refractivity contribution >= 4 is 5.69 Å². The Balaban J connectivity index is 1.93. The molecular weight excluding hydrogens is 244 g/mol. The summed E-state index contributed by atoms with van der Waals surface area (Å²) in [6, 6.07) is 13.9. The van der Waals surface area contributed by atoms with E-state index >= 15 is 0 Å². The molecule has 1 unspecified atom stereocenters. The molecule has 0 saturated heterocycles. The molecule has 1 nitrogen and oxygen atoms in total. The Morgan fingerprint density at radius 3 is 2.21 bits per heavy atom. The van der Waals surface area contributed by atoms with Crippen molar-refractivity contribution in [2.75, 3.05) is 5.32 Å². The zero-order valence-electron chi connectivity index (χ0n) is 10.9. The van der Waals surface area contributed by atoms with Gasteiger partial charge >= 0.3 is 0 Å². The predicted octanol–water partition coefficient (Wildman–Crippen LogP) is 4.40. The molecular formula is C16H17F2N. The second-order valence-corrected chi connectivity index (χ2v) is 4.67. The number of nitrogens with one attached hydrogen (secondary N) is 1. The van der Waals surface area contributed by atoms with Crippen molar-refractivity contribution in [3.05, 3.63) is 65.7 Å². The molecule has 2 aromatic carbocycles. The monoisotopic (exact) mass is 261 g/mol. The number of hydrogen-bond donors (Lipinski definition) is 1. The van der Waals surface area contributed by atoms with Crippen LogP contribution in [-0.2, 0) is 6.42 Å². The Morgan fingerprint density at radius 1 is 0.947 bits per heavy atom. The maximum atomic E-state index is 13.5. The van der Waals surface area contributed by atoms with Crippen LogP contribution in [0.3, 0.4) is 0 Å². The van der Waals surface area contributed by atoms with Crippen molar-refractivity contribution in [2.45, 2.75) is 25.8 Å². The third-order valence-corrected chi connectivity index (χ3v) is 3.06. The van der Waals surface area contributed by atoms with Crippen LogP contribution < -0.4 is 5.32 Å². The summed E-state index contributed by atoms with van der Waals surface area (Å²) in [6.07, 6.45) is 1.70. The molecule has 1 N–H and O–H groups in total. The number of hydrogen-bond acceptors (Lipinski definition) is 1. The van der Waals surface area contributed by atoms with E-state index in [4.69, 9.17) is 0 Å². The lowest BCUT2D eigenvalue weighted by atomic mass is 10.1. The van der Waals surface area contributed by atoms with Crippen molar-refractivity contribution in [1.29, 1.82) is 0 Å². The highest BCUT2D eigenvalue weighted by atomic mass is 19.1. The lowest BCUT2D eigenvalue weighted by Gasteiger charge is -2.16. The number of aryl methyl sites for hydroxylation is 1. The maximum Gasteiger partial charge on any atom is 0.149 e. The van der Waals surface area contributed by atoms with Crippen molar-refractivity contribution in [2.24, 2.45) is 0 Å². The van der Waals surface area contributed by atoms with Crippen LogP contribution in [0.4, 0.5) is 14.5 Å². The van der Waals surface area contributed by atoms with Gasteiger partial charge in [-0.25, -0.2) is 8.78 Å². The Bertz CT molecular complexity index is 505. The van der Waals surface area contributed by atoms with Gasteiger partial charge in [-0.1, -0.05) is 36.4 Å². The highest BCUT2D eigenvalue weighted by Gasteiger charge is 2.11. The standard InChI is InChI=1S/C16H17F2N/c1-12(10-11-13-6-3-2-4-7-13)19-16-14(17)8-5-9-15(16)18/h2-9,12,19H,10-11H2,1H3. The van der Waals surface area contributed by atoms with Crippen LogP contribution in [0.1, 0.15) is 18.9 Å². The van der Waals surface area contributed by atoms with Crippen LogP contribution in [0, 0.1) is 11.6 Å². The molecule has 0 radical (unpaired) electrons. The van der Waals surface area contributed by atoms with E-state index in [0.29, 0.717) is 0 Å². The summed E-state index contributed by atoms with van der Waals surface area (Å²) in [5, 5.41) is 2.90. The Labute approximate surface area is 112 Å². The van der Waals surface area contributed by atoms with Gasteiger partial charge in [-0.3, -0.25) is 0 Å². The number of halogens is 2. The van der Waals surface area contributed by atoms with Crippen LogP contribution in [0.5, 0.6) is 0 Å². The second-order valence-electron chi connectivity index (χ2n) is 4.67. The summed E-state index contributed by atoms with van der Waals surface area (Å²) in [6.45, 7) is 1.93. The van der Waals surface area contributed by atoms with E-state index in [-0.39, 0.29) is 11.7 Å². The summed E-state index contributed by atoms with van der Waals surface area (Å²) < 4.78 is 26.9. The minimum Gasteiger partial charge on any atom is -0.378 e. The Hall–Kier alpha value is -1.90. The molecule has 0 amide bonds. The minimum atomic E-state index is -0.549. The zero-order valence-corrected chi connectivity index (χ0v) is 10.9. The molecule has 2 aromatic rings. The topological polar surface area (TPSA) is 12.0 Å². The average molecular weight is 261 g/mol. The number of anilines is 1. The first kappa shape index (κ1) is 13.5. The summed E-state index contributed by atoms with van der Waals surface area (Å²) >= 11 is 0. The molecule has 2 rings (SSSR count). The van der Waals surface area contributed by atoms with Crippen molar-refractivity contribution < 1.29 is 8.78 Å². The molecule has 1 atom stereocenters. The lowest BCUT2D eigenvalue weighted by molar-refractivity contribution is 0.579. The molecule has 100 valence electrons. The van der Waals surface area contributed by atoms with Gasteiger partial charge in [0.25, 0.3) is 0 Å². The molecule has 0 aliphatic carbocycles. The van der Waals surface area contributed by atoms with Crippen LogP contribution in [0.2, 0.25) is 0 Å². The number of para-hydroxylation sites is 1. The first-order valence-corrected chi connectivity index (χ1v) is 6.41. The van der Waals surface area contributed by atoms with E-state index in [1.807, 2.05) is 25.1 Å². The van der Waals surface area contributed by atoms with Gasteiger partial charge in [0.15, 0.2) is 0 Å². The molecule has 0 spiro atoms. The average Bonchev–Trinajstić information content (AvgIpc) is 2.42. The molecule has 0 bridgehead atoms. The van der Waals surface area contributed by atoms with Gasteiger partial charge < -0.3 is 5.32 Å². The van der Waals surface area contributed by atoms with Gasteiger partial charge in [-0.05, 0) is 37.5 Å². The first-order chi connectivity index (χ1) is 9.16. The summed E-state index contributed by atoms with van der Waals surface area (Å²) in [4.78, 5) is 0. The predicted molar refractivity (Wildman–Crippen MR) is 74.2 cm³/mol. The normalized spacial score (nSPS) is 12.2. The fourth-order valence-corrected chi connectivity index (χ4v) is 1.98. The number of benzene rings is 2. The summed E-state index contributed by atoms with van der Waals surface area (Å²) in [5.41, 5.74) is 1.19. The molecule has 0 saturated carbocycles. The lowest BCUT2D eigenvalue weighted by Crippen LogP contribution is -2.17. The molecule has 0 aromatic heterocycles. The molecule has 0 heterocycles. The maximum absolute atomic E-state index is 13.5. The van der Waals surface area contributed by atoms with E-state index in [0.717, 1.165) is 12.8 Å². The first-order valence-electron chi connectivity index (χ1n) is 6.41. The third-order valence-electron chi connectivity index (χ3n) is 3.06. The Kier molecular flexibility index (Phi) is 4.50. The van der Waals surface area contributed by atoms with Crippen molar-refractivity contribution in [1.82, 2.24) is 0 Å². The molecule has 0 fully saturated rings. The van der Waals surface area contributed by atoms with Gasteiger partial charge in [0.1, 0.15) is 17.3 Å². The molecule has 3 heteroatoms. The van der Waals surface area contributed by atoms with Gasteiger partial charge in [-0.2, -0.15) is 0 Å². The van der Waals surface area contributed by atoms with Gasteiger partial charge in [-0.15, -0.1) is 0 Å². The highest BCUT2D eigenvalue weighted by molar-refractivity contribution is 5.46. The summed E-state index contributed by atoms with van der Waals surface area (Å²) in [5.74, 6) is -1.10. The second kappa shape index (κ2) is 6.32. The van der Waals surface area contributed by atoms with Gasteiger partial charge in [0, 0.05) is 6.04 Å². The van der Waals surface area contributed by atoms with E-state index < -0.39 is 11.6 Å². The smallest absolute Gasteiger partial charge is 0.149 e. The fraction of sp³-hybridized carbons (Fsp3) is 0.250. The third kappa shape index (κ3) is 3.78. The van der Waals surface area contributed by atoms with Gasteiger partial charge in [0.2, 0.25) is 0 Å². The van der Waals surface area contributed by atoms with Crippen LogP contribution >= 0.6 is 0 Å². The van der Waals surface area contributed by atoms with E-state index in [1.165, 1.54) is 23.8 Å². The highest BCUT2D eigenvalue weighted by Crippen LogP contribution is 2.20. The molecule has 19 heavy (non-hydrogen) atoms. The zero-order chi connectivity index (χ0) is 13.7. The Morgan fingerprint density at radius 2 is 1.58 bits per heavy atom. The van der Waals surface area contributed by atoms with Crippen molar-refractivity contribution in [3.8, 4) is 0 Å². The van der Waals surface area contributed by atoms with E-state index in [9.17, 15) is 8.78 Å². The van der Waals surface area contributed by atoms with Crippen LogP contribution in [0.15, 0.2) is 48.5 Å². The van der Waals surface area contributed by atoms with Crippen molar-refractivity contribution in [3.63, 3.8) is 0 Å². The fourth-order valence-electron chi connectivity index (χ4n) is 1.98. The summed E-state index contributed by atoms with van der Waals surface area (Å²) in [7, 11) is 0.